The van der Waals surface area contributed by atoms with Crippen LogP contribution >= 0.6 is 11.3 Å². The fraction of sp³-hybridized carbons (Fsp3) is 0.812. The van der Waals surface area contributed by atoms with Gasteiger partial charge in [0.2, 0.25) is 0 Å². The van der Waals surface area contributed by atoms with Crippen molar-refractivity contribution < 1.29 is 5.11 Å². The SMILES string of the molecule is CCC(C)c1nc(N(C)CC2CCCN2CC)sc1CO. The molecule has 2 atom stereocenters. The molecule has 1 aliphatic rings. The third-order valence-electron chi connectivity index (χ3n) is 4.66. The van der Waals surface area contributed by atoms with E-state index in [1.807, 2.05) is 0 Å². The molecule has 0 bridgehead atoms. The number of aromatic nitrogens is 1. The van der Waals surface area contributed by atoms with Gasteiger partial charge < -0.3 is 10.0 Å². The van der Waals surface area contributed by atoms with Crippen molar-refractivity contribution in [2.75, 3.05) is 31.6 Å². The van der Waals surface area contributed by atoms with Crippen molar-refractivity contribution in [2.24, 2.45) is 0 Å². The quantitative estimate of drug-likeness (QED) is 0.840. The number of aliphatic hydroxyl groups excluding tert-OH is 1. The Bertz CT molecular complexity index is 449. The molecule has 0 aliphatic carbocycles. The van der Waals surface area contributed by atoms with E-state index < -0.39 is 0 Å². The maximum absolute atomic E-state index is 9.57. The Morgan fingerprint density at radius 1 is 1.48 bits per heavy atom. The van der Waals surface area contributed by atoms with Gasteiger partial charge in [-0.25, -0.2) is 4.98 Å². The highest BCUT2D eigenvalue weighted by atomic mass is 32.1. The second-order valence-electron chi connectivity index (χ2n) is 6.08. The van der Waals surface area contributed by atoms with Crippen LogP contribution in [0.2, 0.25) is 0 Å². The maximum Gasteiger partial charge on any atom is 0.185 e. The highest BCUT2D eigenvalue weighted by molar-refractivity contribution is 7.15. The lowest BCUT2D eigenvalue weighted by molar-refractivity contribution is 0.270. The fourth-order valence-electron chi connectivity index (χ4n) is 3.12. The molecule has 0 radical (unpaired) electrons. The van der Waals surface area contributed by atoms with Gasteiger partial charge in [0.15, 0.2) is 5.13 Å². The molecule has 21 heavy (non-hydrogen) atoms. The van der Waals surface area contributed by atoms with Crippen LogP contribution in [0.4, 0.5) is 5.13 Å². The normalized spacial score (nSPS) is 20.9. The van der Waals surface area contributed by atoms with E-state index in [1.165, 1.54) is 19.4 Å². The predicted octanol–water partition coefficient (Wildman–Crippen LogP) is 3.07. The van der Waals surface area contributed by atoms with Crippen molar-refractivity contribution in [2.45, 2.75) is 58.6 Å². The summed E-state index contributed by atoms with van der Waals surface area (Å²) in [4.78, 5) is 10.7. The van der Waals surface area contributed by atoms with Gasteiger partial charge in [0.1, 0.15) is 0 Å². The maximum atomic E-state index is 9.57. The number of aliphatic hydroxyl groups is 1. The van der Waals surface area contributed by atoms with Gasteiger partial charge in [0, 0.05) is 19.6 Å². The van der Waals surface area contributed by atoms with Crippen LogP contribution in [0.1, 0.15) is 56.5 Å². The van der Waals surface area contributed by atoms with Crippen molar-refractivity contribution >= 4 is 16.5 Å². The molecule has 0 amide bonds. The first-order valence-corrected chi connectivity index (χ1v) is 8.97. The highest BCUT2D eigenvalue weighted by Gasteiger charge is 2.25. The lowest BCUT2D eigenvalue weighted by atomic mass is 10.0. The van der Waals surface area contributed by atoms with E-state index in [-0.39, 0.29) is 6.61 Å². The first-order valence-electron chi connectivity index (χ1n) is 8.16. The van der Waals surface area contributed by atoms with Crippen LogP contribution in [0.3, 0.4) is 0 Å². The van der Waals surface area contributed by atoms with Crippen molar-refractivity contribution in [3.05, 3.63) is 10.6 Å². The Labute approximate surface area is 132 Å². The highest BCUT2D eigenvalue weighted by Crippen LogP contribution is 2.32. The van der Waals surface area contributed by atoms with Crippen LogP contribution in [0, 0.1) is 0 Å². The average Bonchev–Trinajstić information content (AvgIpc) is 3.12. The second kappa shape index (κ2) is 7.56. The summed E-state index contributed by atoms with van der Waals surface area (Å²) in [5, 5.41) is 10.6. The molecular weight excluding hydrogens is 282 g/mol. The summed E-state index contributed by atoms with van der Waals surface area (Å²) in [7, 11) is 2.13. The monoisotopic (exact) mass is 311 g/mol. The van der Waals surface area contributed by atoms with E-state index in [9.17, 15) is 5.11 Å². The van der Waals surface area contributed by atoms with Crippen LogP contribution in [0.5, 0.6) is 0 Å². The zero-order valence-corrected chi connectivity index (χ0v) is 14.6. The number of hydrogen-bond donors (Lipinski definition) is 1. The molecule has 0 spiro atoms. The van der Waals surface area contributed by atoms with Gasteiger partial charge in [-0.2, -0.15) is 0 Å². The standard InChI is InChI=1S/C16H29N3OS/c1-5-12(3)15-14(11-20)21-16(17-15)18(4)10-13-8-7-9-19(13)6-2/h12-13,20H,5-11H2,1-4H3. The Kier molecular flexibility index (Phi) is 6.02. The average molecular weight is 311 g/mol. The van der Waals surface area contributed by atoms with E-state index in [2.05, 4.69) is 37.6 Å². The summed E-state index contributed by atoms with van der Waals surface area (Å²) in [5.74, 6) is 0.421. The van der Waals surface area contributed by atoms with Crippen LogP contribution < -0.4 is 4.90 Å². The largest absolute Gasteiger partial charge is 0.391 e. The zero-order valence-electron chi connectivity index (χ0n) is 13.8. The minimum atomic E-state index is 0.107. The molecule has 5 heteroatoms. The first kappa shape index (κ1) is 16.7. The van der Waals surface area contributed by atoms with Crippen molar-refractivity contribution in [3.63, 3.8) is 0 Å². The third-order valence-corrected chi connectivity index (χ3v) is 5.83. The molecule has 4 nitrogen and oxygen atoms in total. The van der Waals surface area contributed by atoms with E-state index in [0.29, 0.717) is 12.0 Å². The molecule has 120 valence electrons. The van der Waals surface area contributed by atoms with Gasteiger partial charge >= 0.3 is 0 Å². The van der Waals surface area contributed by atoms with Gasteiger partial charge in [0.05, 0.1) is 17.2 Å². The van der Waals surface area contributed by atoms with E-state index in [0.717, 1.165) is 35.2 Å². The van der Waals surface area contributed by atoms with Crippen molar-refractivity contribution in [1.29, 1.82) is 0 Å². The molecule has 1 aromatic rings. The summed E-state index contributed by atoms with van der Waals surface area (Å²) >= 11 is 1.65. The number of thiazole rings is 1. The molecule has 1 saturated heterocycles. The molecule has 1 aliphatic heterocycles. The number of anilines is 1. The Hall–Kier alpha value is -0.650. The van der Waals surface area contributed by atoms with Crippen LogP contribution in [0.15, 0.2) is 0 Å². The number of rotatable bonds is 7. The van der Waals surface area contributed by atoms with Crippen molar-refractivity contribution in [1.82, 2.24) is 9.88 Å². The number of nitrogens with zero attached hydrogens (tertiary/aromatic N) is 3. The lowest BCUT2D eigenvalue weighted by Gasteiger charge is -2.27. The number of hydrogen-bond acceptors (Lipinski definition) is 5. The molecular formula is C16H29N3OS. The van der Waals surface area contributed by atoms with Gasteiger partial charge in [0.25, 0.3) is 0 Å². The van der Waals surface area contributed by atoms with Gasteiger partial charge in [-0.3, -0.25) is 4.90 Å². The smallest absolute Gasteiger partial charge is 0.185 e. The Balaban J connectivity index is 2.08. The summed E-state index contributed by atoms with van der Waals surface area (Å²) in [6, 6.07) is 0.647. The first-order chi connectivity index (χ1) is 10.1. The molecule has 0 saturated carbocycles. The summed E-state index contributed by atoms with van der Waals surface area (Å²) < 4.78 is 0. The van der Waals surface area contributed by atoms with Crippen LogP contribution in [0.25, 0.3) is 0 Å². The number of likely N-dealkylation sites (tertiary alicyclic amines) is 1. The molecule has 1 fully saturated rings. The van der Waals surface area contributed by atoms with Crippen LogP contribution in [-0.4, -0.2) is 47.7 Å². The van der Waals surface area contributed by atoms with Crippen molar-refractivity contribution in [3.8, 4) is 0 Å². The topological polar surface area (TPSA) is 39.6 Å². The molecule has 2 rings (SSSR count). The number of likely N-dealkylation sites (N-methyl/N-ethyl adjacent to an activating group) is 2. The minimum absolute atomic E-state index is 0.107. The molecule has 0 aromatic carbocycles. The summed E-state index contributed by atoms with van der Waals surface area (Å²) in [5.41, 5.74) is 1.09. The summed E-state index contributed by atoms with van der Waals surface area (Å²) in [6.45, 7) is 10.1. The molecule has 1 aromatic heterocycles. The third kappa shape index (κ3) is 3.76. The van der Waals surface area contributed by atoms with E-state index >= 15 is 0 Å². The zero-order chi connectivity index (χ0) is 15.4. The predicted molar refractivity (Wildman–Crippen MR) is 90.3 cm³/mol. The van der Waals surface area contributed by atoms with Gasteiger partial charge in [-0.1, -0.05) is 32.1 Å². The molecule has 1 N–H and O–H groups in total. The molecule has 2 heterocycles. The Morgan fingerprint density at radius 2 is 2.24 bits per heavy atom. The molecule has 2 unspecified atom stereocenters. The fourth-order valence-corrected chi connectivity index (χ4v) is 4.13. The lowest BCUT2D eigenvalue weighted by Crippen LogP contribution is -2.38. The van der Waals surface area contributed by atoms with Crippen LogP contribution in [-0.2, 0) is 6.61 Å². The minimum Gasteiger partial charge on any atom is -0.391 e. The van der Waals surface area contributed by atoms with Gasteiger partial charge in [-0.05, 0) is 38.3 Å². The van der Waals surface area contributed by atoms with Gasteiger partial charge in [-0.15, -0.1) is 0 Å². The second-order valence-corrected chi connectivity index (χ2v) is 7.14. The summed E-state index contributed by atoms with van der Waals surface area (Å²) in [6.07, 6.45) is 3.66. The van der Waals surface area contributed by atoms with E-state index in [4.69, 9.17) is 4.98 Å². The Morgan fingerprint density at radius 3 is 2.86 bits per heavy atom. The van der Waals surface area contributed by atoms with E-state index in [1.54, 1.807) is 11.3 Å².